The molecular weight excluding hydrogens is 340 g/mol. The van der Waals surface area contributed by atoms with Crippen molar-refractivity contribution in [3.63, 3.8) is 0 Å². The van der Waals surface area contributed by atoms with E-state index in [1.807, 2.05) is 32.0 Å². The summed E-state index contributed by atoms with van der Waals surface area (Å²) in [5, 5.41) is 2.89. The van der Waals surface area contributed by atoms with E-state index in [9.17, 15) is 18.0 Å². The van der Waals surface area contributed by atoms with Crippen molar-refractivity contribution < 1.29 is 18.0 Å². The van der Waals surface area contributed by atoms with Crippen molar-refractivity contribution >= 4 is 27.3 Å². The van der Waals surface area contributed by atoms with Gasteiger partial charge in [-0.2, -0.15) is 0 Å². The monoisotopic (exact) mass is 364 g/mol. The van der Waals surface area contributed by atoms with Crippen LogP contribution >= 0.6 is 0 Å². The Morgan fingerprint density at radius 3 is 2.48 bits per heavy atom. The van der Waals surface area contributed by atoms with Crippen molar-refractivity contribution in [2.45, 2.75) is 39.2 Å². The first-order valence-corrected chi connectivity index (χ1v) is 10.3. The zero-order valence-corrected chi connectivity index (χ0v) is 15.6. The van der Waals surface area contributed by atoms with Crippen molar-refractivity contribution in [2.75, 3.05) is 23.9 Å². The van der Waals surface area contributed by atoms with Gasteiger partial charge in [-0.25, -0.2) is 8.42 Å². The van der Waals surface area contributed by atoms with Gasteiger partial charge >= 0.3 is 0 Å². The highest BCUT2D eigenvalue weighted by molar-refractivity contribution is 7.91. The van der Waals surface area contributed by atoms with E-state index >= 15 is 0 Å². The Morgan fingerprint density at radius 1 is 1.24 bits per heavy atom. The van der Waals surface area contributed by atoms with Gasteiger partial charge in [0.05, 0.1) is 11.5 Å². The van der Waals surface area contributed by atoms with Gasteiger partial charge in [-0.05, 0) is 50.3 Å². The lowest BCUT2D eigenvalue weighted by Crippen LogP contribution is -2.46. The minimum atomic E-state index is -3.07. The second-order valence-electron chi connectivity index (χ2n) is 7.26. The quantitative estimate of drug-likeness (QED) is 0.824. The molecule has 2 aliphatic rings. The number of hydrogen-bond acceptors (Lipinski definition) is 4. The van der Waals surface area contributed by atoms with Crippen molar-refractivity contribution in [2.24, 2.45) is 5.41 Å². The molecule has 1 atom stereocenters. The van der Waals surface area contributed by atoms with Crippen LogP contribution in [0.2, 0.25) is 0 Å². The van der Waals surface area contributed by atoms with Gasteiger partial charge < -0.3 is 10.2 Å². The van der Waals surface area contributed by atoms with Crippen LogP contribution in [0.25, 0.3) is 0 Å². The van der Waals surface area contributed by atoms with Crippen LogP contribution in [0.5, 0.6) is 0 Å². The van der Waals surface area contributed by atoms with Crippen molar-refractivity contribution in [3.05, 3.63) is 29.3 Å². The molecule has 1 heterocycles. The summed E-state index contributed by atoms with van der Waals surface area (Å²) < 4.78 is 23.3. The first-order valence-electron chi connectivity index (χ1n) is 8.52. The SMILES string of the molecule is Cc1cccc(NC(=O)C2(C(=O)N(C)C3CCS(=O)(=O)C3)CC2)c1C. The number of anilines is 1. The number of nitrogens with zero attached hydrogens (tertiary/aromatic N) is 1. The van der Waals surface area contributed by atoms with E-state index in [2.05, 4.69) is 5.32 Å². The third-order valence-electron chi connectivity index (χ3n) is 5.52. The lowest BCUT2D eigenvalue weighted by Gasteiger charge is -2.27. The number of carbonyl (C=O) groups excluding carboxylic acids is 2. The first-order chi connectivity index (χ1) is 11.7. The van der Waals surface area contributed by atoms with Crippen LogP contribution in [0.4, 0.5) is 5.69 Å². The fourth-order valence-electron chi connectivity index (χ4n) is 3.38. The van der Waals surface area contributed by atoms with E-state index in [-0.39, 0.29) is 29.4 Å². The van der Waals surface area contributed by atoms with Gasteiger partial charge in [0.1, 0.15) is 5.41 Å². The zero-order valence-electron chi connectivity index (χ0n) is 14.8. The number of amides is 2. The predicted molar refractivity (Wildman–Crippen MR) is 96.0 cm³/mol. The lowest BCUT2D eigenvalue weighted by molar-refractivity contribution is -0.142. The van der Waals surface area contributed by atoms with E-state index in [1.165, 1.54) is 4.90 Å². The summed E-state index contributed by atoms with van der Waals surface area (Å²) in [5.74, 6) is -0.461. The lowest BCUT2D eigenvalue weighted by atomic mass is 10.0. The van der Waals surface area contributed by atoms with Crippen LogP contribution in [-0.2, 0) is 19.4 Å². The predicted octanol–water partition coefficient (Wildman–Crippen LogP) is 1.67. The Morgan fingerprint density at radius 2 is 1.92 bits per heavy atom. The average molecular weight is 364 g/mol. The standard InChI is InChI=1S/C18H24N2O4S/c1-12-5-4-6-15(13(12)2)19-16(21)18(8-9-18)17(22)20(3)14-7-10-25(23,24)11-14/h4-6,14H,7-11H2,1-3H3,(H,19,21). The van der Waals surface area contributed by atoms with E-state index in [4.69, 9.17) is 0 Å². The third kappa shape index (κ3) is 3.29. The number of aryl methyl sites for hydroxylation is 1. The Labute approximate surface area is 148 Å². The molecule has 1 aromatic rings. The normalized spacial score (nSPS) is 23.1. The molecule has 6 nitrogen and oxygen atoms in total. The maximum Gasteiger partial charge on any atom is 0.240 e. The molecule has 0 spiro atoms. The molecule has 1 N–H and O–H groups in total. The molecule has 1 aliphatic heterocycles. The summed E-state index contributed by atoms with van der Waals surface area (Å²) in [6, 6.07) is 5.34. The summed E-state index contributed by atoms with van der Waals surface area (Å²) in [7, 11) is -1.46. The Hall–Kier alpha value is -1.89. The van der Waals surface area contributed by atoms with E-state index in [0.29, 0.717) is 19.3 Å². The maximum absolute atomic E-state index is 12.9. The van der Waals surface area contributed by atoms with Crippen LogP contribution in [0.3, 0.4) is 0 Å². The fraction of sp³-hybridized carbons (Fsp3) is 0.556. The minimum absolute atomic E-state index is 0.00999. The van der Waals surface area contributed by atoms with E-state index < -0.39 is 15.3 Å². The molecule has 0 aromatic heterocycles. The third-order valence-corrected chi connectivity index (χ3v) is 7.27. The number of nitrogens with one attached hydrogen (secondary N) is 1. The highest BCUT2D eigenvalue weighted by Crippen LogP contribution is 2.48. The molecule has 1 aromatic carbocycles. The second kappa shape index (κ2) is 6.12. The molecule has 7 heteroatoms. The van der Waals surface area contributed by atoms with Gasteiger partial charge in [0.2, 0.25) is 11.8 Å². The number of sulfone groups is 1. The van der Waals surface area contributed by atoms with Gasteiger partial charge in [0.25, 0.3) is 0 Å². The van der Waals surface area contributed by atoms with Gasteiger partial charge in [-0.3, -0.25) is 9.59 Å². The molecule has 0 radical (unpaired) electrons. The highest BCUT2D eigenvalue weighted by Gasteiger charge is 2.58. The van der Waals surface area contributed by atoms with Gasteiger partial charge in [0.15, 0.2) is 9.84 Å². The summed E-state index contributed by atoms with van der Waals surface area (Å²) >= 11 is 0. The smallest absolute Gasteiger partial charge is 0.240 e. The van der Waals surface area contributed by atoms with Crippen molar-refractivity contribution in [3.8, 4) is 0 Å². The van der Waals surface area contributed by atoms with E-state index in [0.717, 1.165) is 16.8 Å². The number of carbonyl (C=O) groups is 2. The van der Waals surface area contributed by atoms with Crippen molar-refractivity contribution in [1.82, 2.24) is 4.90 Å². The van der Waals surface area contributed by atoms with Gasteiger partial charge in [-0.1, -0.05) is 12.1 Å². The maximum atomic E-state index is 12.9. The molecule has 1 unspecified atom stereocenters. The van der Waals surface area contributed by atoms with Crippen LogP contribution in [-0.4, -0.2) is 49.7 Å². The molecule has 1 saturated carbocycles. The molecule has 2 amide bonds. The summed E-state index contributed by atoms with van der Waals surface area (Å²) in [5.41, 5.74) is 1.73. The number of benzene rings is 1. The molecular formula is C18H24N2O4S. The first kappa shape index (κ1) is 17.9. The second-order valence-corrected chi connectivity index (χ2v) is 9.49. The summed E-state index contributed by atoms with van der Waals surface area (Å²) in [6.45, 7) is 3.90. The van der Waals surface area contributed by atoms with Crippen molar-refractivity contribution in [1.29, 1.82) is 0 Å². The zero-order chi connectivity index (χ0) is 18.4. The Kier molecular flexibility index (Phi) is 4.39. The molecule has 3 rings (SSSR count). The average Bonchev–Trinajstić information content (AvgIpc) is 3.29. The largest absolute Gasteiger partial charge is 0.341 e. The van der Waals surface area contributed by atoms with Gasteiger partial charge in [-0.15, -0.1) is 0 Å². The molecule has 1 aliphatic carbocycles. The molecule has 0 bridgehead atoms. The molecule has 1 saturated heterocycles. The van der Waals surface area contributed by atoms with Gasteiger partial charge in [0, 0.05) is 18.8 Å². The van der Waals surface area contributed by atoms with Crippen LogP contribution in [0.15, 0.2) is 18.2 Å². The molecule has 2 fully saturated rings. The van der Waals surface area contributed by atoms with Crippen LogP contribution in [0.1, 0.15) is 30.4 Å². The van der Waals surface area contributed by atoms with E-state index in [1.54, 1.807) is 7.05 Å². The Bertz CT molecular complexity index is 827. The van der Waals surface area contributed by atoms with Crippen LogP contribution in [0, 0.1) is 19.3 Å². The molecule has 136 valence electrons. The fourth-order valence-corrected chi connectivity index (χ4v) is 5.15. The number of hydrogen-bond donors (Lipinski definition) is 1. The minimum Gasteiger partial charge on any atom is -0.341 e. The topological polar surface area (TPSA) is 83.6 Å². The van der Waals surface area contributed by atoms with Crippen LogP contribution < -0.4 is 5.32 Å². The highest BCUT2D eigenvalue weighted by atomic mass is 32.2. The Balaban J connectivity index is 1.74. The molecule has 25 heavy (non-hydrogen) atoms. The summed E-state index contributed by atoms with van der Waals surface area (Å²) in [4.78, 5) is 27.1. The number of rotatable bonds is 4. The summed E-state index contributed by atoms with van der Waals surface area (Å²) in [6.07, 6.45) is 1.46.